The number of hydrogen-bond acceptors (Lipinski definition) is 20. The monoisotopic (exact) mass is 1480 g/mol. The standard InChI is InChI=1S/C38H48N5O7.C38H50N5O7.2V/c1-6-24-30(19-44)43-18-32(24)49-35-28(40-27-13-12-23(16-29(27)41-35)47-20-33-39-17-21(2)48-33)11-9-7-8-10-25-26-14-22(26)15-31(25)50-37(46)42-34(36(43)45)38(3,4)5;1-7-26-30(21-44)43-20-31(26)49-34-28(40-27-16-15-25(18-29(27)41-34)47-22-32-39-19-23(2)48-32)14-10-8-9-12-24-13-11-17-38(24,6)50-36(46)42-33(35(43)45)37(3,4)5;;/h12-13,16-17,22,24-26,30-32,34H,6-11,14-15,18,20H2,1-5H3,(H,42,46);15-16,18-19,24,26,30-31,33H,7-14,17,20,22H2,1-6H3,(H,42,46);;/q2*-1;;/t22?,24-,25+,26?,30+,31+,32-,34+;24-,26+,30-,31+,33-,38-;;/m01../s1. The zero-order valence-corrected chi connectivity index (χ0v) is 63.5. The van der Waals surface area contributed by atoms with Gasteiger partial charge in [-0.3, -0.25) is 9.59 Å². The Morgan fingerprint density at radius 3 is 1.52 bits per heavy atom. The molecule has 14 atom stereocenters. The van der Waals surface area contributed by atoms with Gasteiger partial charge in [-0.2, -0.15) is 0 Å². The number of alkyl carbamates (subject to hydrolysis) is 2. The Bertz CT molecular complexity index is 3810. The van der Waals surface area contributed by atoms with Gasteiger partial charge in [0.2, 0.25) is 35.4 Å². The summed E-state index contributed by atoms with van der Waals surface area (Å²) in [6.07, 6.45) is 20.2. The molecule has 3 aliphatic carbocycles. The molecule has 102 heavy (non-hydrogen) atoms. The normalized spacial score (nSPS) is 28.6. The topological polar surface area (TPSA) is 292 Å². The molecular weight excluding hydrogens is 1380 g/mol. The van der Waals surface area contributed by atoms with Gasteiger partial charge in [0.15, 0.2) is 13.2 Å². The van der Waals surface area contributed by atoms with E-state index < -0.39 is 65.0 Å². The van der Waals surface area contributed by atoms with Crippen LogP contribution in [0, 0.1) is 60.2 Å². The molecule has 4 aliphatic heterocycles. The molecule has 3 saturated carbocycles. The van der Waals surface area contributed by atoms with Crippen molar-refractivity contribution in [3.8, 4) is 23.3 Å². The van der Waals surface area contributed by atoms with Crippen LogP contribution in [0.5, 0.6) is 23.3 Å². The van der Waals surface area contributed by atoms with E-state index in [1.54, 1.807) is 12.4 Å². The minimum Gasteiger partial charge on any atom is -0.540 e. The van der Waals surface area contributed by atoms with E-state index in [9.17, 15) is 28.8 Å². The molecule has 4 amide bonds. The summed E-state index contributed by atoms with van der Waals surface area (Å²) >= 11 is 0. The summed E-state index contributed by atoms with van der Waals surface area (Å²) in [6.45, 7) is 21.6. The summed E-state index contributed by atoms with van der Waals surface area (Å²) < 4.78 is 48.5. The number of rotatable bonds is 10. The number of aryl methyl sites for hydroxylation is 4. The van der Waals surface area contributed by atoms with E-state index in [1.807, 2.05) is 113 Å². The van der Waals surface area contributed by atoms with Crippen LogP contribution in [0.1, 0.15) is 193 Å². The number of carbonyl (C=O) groups excluding carboxylic acids is 6. The van der Waals surface area contributed by atoms with Gasteiger partial charge in [0.05, 0.1) is 47.6 Å². The number of amides is 4. The Labute approximate surface area is 621 Å². The third-order valence-corrected chi connectivity index (χ3v) is 21.8. The smallest absolute Gasteiger partial charge is 0.408 e. The molecule has 8 heterocycles. The van der Waals surface area contributed by atoms with Crippen LogP contribution in [-0.2, 0) is 91.8 Å². The predicted octanol–water partition coefficient (Wildman–Crippen LogP) is 12.3. The van der Waals surface area contributed by atoms with Crippen molar-refractivity contribution in [2.45, 2.75) is 247 Å². The number of nitrogens with zero attached hydrogens (tertiary/aromatic N) is 8. The maximum Gasteiger partial charge on any atom is 0.408 e. The van der Waals surface area contributed by atoms with Crippen molar-refractivity contribution in [2.75, 3.05) is 13.1 Å². The van der Waals surface area contributed by atoms with Gasteiger partial charge < -0.3 is 67.3 Å². The minimum absolute atomic E-state index is 0. The van der Waals surface area contributed by atoms with E-state index in [0.29, 0.717) is 107 Å². The second kappa shape index (κ2) is 32.8. The molecule has 6 aromatic rings. The average molecular weight is 1480 g/mol. The van der Waals surface area contributed by atoms with Gasteiger partial charge >= 0.3 is 12.2 Å². The Morgan fingerprint density at radius 1 is 0.578 bits per heavy atom. The van der Waals surface area contributed by atoms with E-state index in [1.165, 1.54) is 16.2 Å². The Morgan fingerprint density at radius 2 is 1.06 bits per heavy atom. The van der Waals surface area contributed by atoms with Gasteiger partial charge in [-0.15, -0.1) is 0 Å². The van der Waals surface area contributed by atoms with E-state index in [0.717, 1.165) is 94.0 Å². The summed E-state index contributed by atoms with van der Waals surface area (Å²) in [6, 6.07) is 7.57. The molecule has 2 aromatic carbocycles. The molecular formula is C76H98N10O14V2-2. The Balaban J connectivity index is 0.000000215. The number of hydrogen-bond donors (Lipinski definition) is 2. The van der Waals surface area contributed by atoms with Crippen LogP contribution in [0.15, 0.2) is 57.6 Å². The van der Waals surface area contributed by atoms with Crippen LogP contribution in [0.4, 0.5) is 9.59 Å². The third kappa shape index (κ3) is 17.6. The summed E-state index contributed by atoms with van der Waals surface area (Å²) in [4.78, 5) is 112. The molecule has 5 fully saturated rings. The van der Waals surface area contributed by atoms with Gasteiger partial charge in [-0.1, -0.05) is 106 Å². The molecule has 0 spiro atoms. The SMILES string of the molecule is CC[C@@H]1[C@@H]2CN(C(=O)[C@H](C(C)(C)C)NC(=O)O[C@@H]3CC4CC4[C@H]3CCCCCc3nc4ccc(OCc5ncc(C)o5)cc4nc3O2)[C@@H]1[C-]=O.CC[C@@H]1[C@@H]2CN(C(=O)[C@H](C(C)(C)C)NC(=O)O[C@]3(C)CCC[C@H]3CCCCCc3nc4ccc(OCc5ncc(C)o5)cc4nc3O2)[C@@H]1[C-]=O.[V].[V]. The Hall–Kier alpha value is -7.27. The van der Waals surface area contributed by atoms with Gasteiger partial charge in [0.25, 0.3) is 0 Å². The zero-order chi connectivity index (χ0) is 70.8. The van der Waals surface area contributed by atoms with Crippen molar-refractivity contribution >= 4 is 58.6 Å². The molecule has 24 nitrogen and oxygen atoms in total. The number of benzene rings is 2. The third-order valence-electron chi connectivity index (χ3n) is 21.8. The predicted molar refractivity (Wildman–Crippen MR) is 368 cm³/mol. The second-order valence-corrected chi connectivity index (χ2v) is 31.0. The molecule has 2 radical (unpaired) electrons. The first-order valence-corrected chi connectivity index (χ1v) is 36.3. The Kier molecular flexibility index (Phi) is 24.9. The van der Waals surface area contributed by atoms with Crippen molar-refractivity contribution < 1.29 is 103 Å². The van der Waals surface area contributed by atoms with Crippen LogP contribution in [0.3, 0.4) is 0 Å². The fourth-order valence-corrected chi connectivity index (χ4v) is 16.2. The zero-order valence-electron chi connectivity index (χ0n) is 60.7. The molecule has 548 valence electrons. The van der Waals surface area contributed by atoms with Gasteiger partial charge in [0, 0.05) is 49.2 Å². The molecule has 2 saturated heterocycles. The van der Waals surface area contributed by atoms with E-state index in [4.69, 9.17) is 57.2 Å². The number of nitrogens with one attached hydrogen (secondary N) is 2. The number of ether oxygens (including phenoxy) is 6. The molecule has 4 aromatic heterocycles. The van der Waals surface area contributed by atoms with Crippen molar-refractivity contribution in [3.63, 3.8) is 0 Å². The molecule has 7 aliphatic rings. The number of carbonyl (C=O) groups is 4. The van der Waals surface area contributed by atoms with Crippen LogP contribution in [-0.4, -0.2) is 137 Å². The van der Waals surface area contributed by atoms with Gasteiger partial charge in [0.1, 0.15) is 70.4 Å². The van der Waals surface area contributed by atoms with E-state index in [2.05, 4.69) is 33.2 Å². The molecule has 13 rings (SSSR count). The van der Waals surface area contributed by atoms with Crippen LogP contribution in [0.25, 0.3) is 22.1 Å². The second-order valence-electron chi connectivity index (χ2n) is 31.0. The first-order chi connectivity index (χ1) is 47.9. The van der Waals surface area contributed by atoms with Gasteiger partial charge in [-0.05, 0) is 162 Å². The average Bonchev–Trinajstić information content (AvgIpc) is 1.59. The maximum absolute atomic E-state index is 14.3. The van der Waals surface area contributed by atoms with Crippen molar-refractivity contribution in [3.05, 3.63) is 83.5 Å². The fraction of sp³-hybridized carbons (Fsp3) is 0.632. The number of oxazole rings is 2. The summed E-state index contributed by atoms with van der Waals surface area (Å²) in [5, 5.41) is 5.81. The van der Waals surface area contributed by atoms with Crippen LogP contribution >= 0.6 is 0 Å². The number of fused-ring (bicyclic) bond motifs is 12. The first kappa shape index (κ1) is 77.3. The van der Waals surface area contributed by atoms with E-state index >= 15 is 0 Å². The van der Waals surface area contributed by atoms with Crippen LogP contribution < -0.4 is 29.6 Å². The molecule has 26 heteroatoms. The first-order valence-electron chi connectivity index (χ1n) is 36.3. The quantitative estimate of drug-likeness (QED) is 0.120. The summed E-state index contributed by atoms with van der Waals surface area (Å²) in [5.74, 6) is 4.73. The van der Waals surface area contributed by atoms with Gasteiger partial charge in [-0.25, -0.2) is 52.1 Å². The number of aromatic nitrogens is 6. The molecule has 2 unspecified atom stereocenters. The van der Waals surface area contributed by atoms with Crippen molar-refractivity contribution in [1.82, 2.24) is 50.3 Å². The fourth-order valence-electron chi connectivity index (χ4n) is 16.2. The largest absolute Gasteiger partial charge is 0.540 e. The summed E-state index contributed by atoms with van der Waals surface area (Å²) in [5.41, 5.74) is 2.21. The van der Waals surface area contributed by atoms with Crippen molar-refractivity contribution in [1.29, 1.82) is 0 Å². The van der Waals surface area contributed by atoms with Crippen molar-refractivity contribution in [2.24, 2.45) is 46.3 Å². The summed E-state index contributed by atoms with van der Waals surface area (Å²) in [7, 11) is 0. The molecule has 4 bridgehead atoms. The molecule has 2 N–H and O–H groups in total. The minimum atomic E-state index is -0.931. The van der Waals surface area contributed by atoms with Crippen LogP contribution in [0.2, 0.25) is 0 Å². The maximum atomic E-state index is 14.3. The van der Waals surface area contributed by atoms with E-state index in [-0.39, 0.29) is 99.1 Å².